The highest BCUT2D eigenvalue weighted by molar-refractivity contribution is 6.12. The van der Waals surface area contributed by atoms with Crippen LogP contribution in [0.4, 0.5) is 0 Å². The first-order chi connectivity index (χ1) is 20.3. The zero-order valence-corrected chi connectivity index (χ0v) is 25.1. The molecular formula is C34H42O8. The number of ketones is 2. The highest BCUT2D eigenvalue weighted by Gasteiger charge is 2.32. The van der Waals surface area contributed by atoms with Crippen molar-refractivity contribution < 1.29 is 38.0 Å². The molecule has 2 heterocycles. The van der Waals surface area contributed by atoms with E-state index in [9.17, 15) is 9.59 Å². The Morgan fingerprint density at radius 2 is 1.31 bits per heavy atom. The minimum Gasteiger partial charge on any atom is -0.493 e. The standard InChI is InChI=1S/C34H42O8/c1-34(2,31(36)19-16-25-15-18-27(29(23-25)38-4)42-33-13-6-8-21-40-33)30(35)11-9-10-24-14-17-26(28(22-24)37-3)41-32-12-5-7-20-39-32/h9-10,14-19,22-23,32-33H,5-8,11-13,20-21H2,1-4H3/b10-9-,19-16+. The SMILES string of the molecule is COc1cc(/C=C\CC(=O)C(C)(C)C(=O)/C=C/c2ccc(OC3CCCCO3)c(OC)c2)ccc1OC1CCCCO1. The molecule has 8 heteroatoms. The molecule has 0 radical (unpaired) electrons. The third-order valence-corrected chi connectivity index (χ3v) is 7.52. The summed E-state index contributed by atoms with van der Waals surface area (Å²) < 4.78 is 34.2. The van der Waals surface area contributed by atoms with Gasteiger partial charge in [0.1, 0.15) is 5.78 Å². The minimum absolute atomic E-state index is 0.117. The predicted octanol–water partition coefficient (Wildman–Crippen LogP) is 6.80. The smallest absolute Gasteiger partial charge is 0.200 e. The summed E-state index contributed by atoms with van der Waals surface area (Å²) in [5.74, 6) is 1.91. The van der Waals surface area contributed by atoms with Crippen LogP contribution in [0.2, 0.25) is 0 Å². The molecule has 2 aromatic carbocycles. The quantitative estimate of drug-likeness (QED) is 0.190. The van der Waals surface area contributed by atoms with Crippen molar-refractivity contribution in [1.29, 1.82) is 0 Å². The van der Waals surface area contributed by atoms with E-state index in [2.05, 4.69) is 0 Å². The monoisotopic (exact) mass is 578 g/mol. The van der Waals surface area contributed by atoms with Crippen LogP contribution in [-0.4, -0.2) is 51.6 Å². The molecule has 2 saturated heterocycles. The van der Waals surface area contributed by atoms with Gasteiger partial charge < -0.3 is 28.4 Å². The van der Waals surface area contributed by atoms with E-state index in [-0.39, 0.29) is 30.6 Å². The second-order valence-corrected chi connectivity index (χ2v) is 11.0. The lowest BCUT2D eigenvalue weighted by Gasteiger charge is -2.24. The molecule has 0 bridgehead atoms. The number of benzene rings is 2. The summed E-state index contributed by atoms with van der Waals surface area (Å²) in [4.78, 5) is 26.1. The molecule has 0 spiro atoms. The minimum atomic E-state index is -1.18. The van der Waals surface area contributed by atoms with Gasteiger partial charge in [-0.15, -0.1) is 0 Å². The number of methoxy groups -OCH3 is 2. The molecule has 2 fully saturated rings. The number of carbonyl (C=O) groups excluding carboxylic acids is 2. The van der Waals surface area contributed by atoms with Crippen LogP contribution in [0.25, 0.3) is 12.2 Å². The average molecular weight is 579 g/mol. The van der Waals surface area contributed by atoms with Gasteiger partial charge >= 0.3 is 0 Å². The number of rotatable bonds is 13. The first kappa shape index (κ1) is 31.3. The van der Waals surface area contributed by atoms with Crippen LogP contribution >= 0.6 is 0 Å². The summed E-state index contributed by atoms with van der Waals surface area (Å²) in [6.07, 6.45) is 12.2. The number of hydrogen-bond donors (Lipinski definition) is 0. The van der Waals surface area contributed by atoms with Crippen molar-refractivity contribution in [3.63, 3.8) is 0 Å². The van der Waals surface area contributed by atoms with E-state index >= 15 is 0 Å². The normalized spacial score (nSPS) is 19.5. The molecule has 0 N–H and O–H groups in total. The summed E-state index contributed by atoms with van der Waals surface area (Å²) in [6, 6.07) is 11.0. The van der Waals surface area contributed by atoms with E-state index in [0.29, 0.717) is 36.2 Å². The van der Waals surface area contributed by atoms with Crippen LogP contribution in [0.15, 0.2) is 48.6 Å². The summed E-state index contributed by atoms with van der Waals surface area (Å²) in [6.45, 7) is 4.69. The largest absolute Gasteiger partial charge is 0.493 e. The summed E-state index contributed by atoms with van der Waals surface area (Å²) in [5.41, 5.74) is 0.440. The Bertz CT molecular complexity index is 1270. The number of Topliss-reactive ketones (excluding diaryl/α,β-unsaturated/α-hetero) is 1. The van der Waals surface area contributed by atoms with Gasteiger partial charge in [0, 0.05) is 19.3 Å². The van der Waals surface area contributed by atoms with Crippen molar-refractivity contribution in [3.8, 4) is 23.0 Å². The summed E-state index contributed by atoms with van der Waals surface area (Å²) in [5, 5.41) is 0. The molecule has 0 amide bonds. The fourth-order valence-corrected chi connectivity index (χ4v) is 4.74. The lowest BCUT2D eigenvalue weighted by Crippen LogP contribution is -2.31. The van der Waals surface area contributed by atoms with E-state index < -0.39 is 5.41 Å². The average Bonchev–Trinajstić information content (AvgIpc) is 3.01. The van der Waals surface area contributed by atoms with Gasteiger partial charge in [0.05, 0.1) is 32.8 Å². The highest BCUT2D eigenvalue weighted by atomic mass is 16.7. The molecule has 0 saturated carbocycles. The molecule has 42 heavy (non-hydrogen) atoms. The molecule has 2 aliphatic rings. The Morgan fingerprint density at radius 1 is 0.786 bits per heavy atom. The van der Waals surface area contributed by atoms with Crippen molar-refractivity contribution in [2.75, 3.05) is 27.4 Å². The van der Waals surface area contributed by atoms with Crippen LogP contribution in [0.3, 0.4) is 0 Å². The molecule has 4 rings (SSSR count). The Balaban J connectivity index is 1.33. The van der Waals surface area contributed by atoms with Crippen LogP contribution in [0.1, 0.15) is 69.9 Å². The van der Waals surface area contributed by atoms with Gasteiger partial charge in [0.15, 0.2) is 41.4 Å². The van der Waals surface area contributed by atoms with E-state index in [4.69, 9.17) is 28.4 Å². The van der Waals surface area contributed by atoms with E-state index in [0.717, 1.165) is 49.7 Å². The molecule has 2 aromatic rings. The Kier molecular flexibility index (Phi) is 11.2. The fourth-order valence-electron chi connectivity index (χ4n) is 4.74. The van der Waals surface area contributed by atoms with Gasteiger partial charge in [-0.1, -0.05) is 30.4 Å². The first-order valence-corrected chi connectivity index (χ1v) is 14.6. The Morgan fingerprint density at radius 3 is 1.79 bits per heavy atom. The van der Waals surface area contributed by atoms with Gasteiger partial charge in [-0.25, -0.2) is 0 Å². The molecule has 2 atom stereocenters. The van der Waals surface area contributed by atoms with Crippen LogP contribution in [0.5, 0.6) is 23.0 Å². The van der Waals surface area contributed by atoms with Crippen LogP contribution in [0, 0.1) is 5.41 Å². The predicted molar refractivity (Wildman–Crippen MR) is 161 cm³/mol. The Hall–Kier alpha value is -3.62. The third-order valence-electron chi connectivity index (χ3n) is 7.52. The van der Waals surface area contributed by atoms with Gasteiger partial charge in [-0.2, -0.15) is 0 Å². The number of carbonyl (C=O) groups is 2. The lowest BCUT2D eigenvalue weighted by molar-refractivity contribution is -0.135. The van der Waals surface area contributed by atoms with Gasteiger partial charge in [0.25, 0.3) is 0 Å². The topological polar surface area (TPSA) is 89.5 Å². The highest BCUT2D eigenvalue weighted by Crippen LogP contribution is 2.33. The van der Waals surface area contributed by atoms with E-state index in [1.54, 1.807) is 52.4 Å². The number of ether oxygens (including phenoxy) is 6. The molecule has 0 aromatic heterocycles. The maximum atomic E-state index is 13.0. The maximum absolute atomic E-state index is 13.0. The zero-order chi connectivity index (χ0) is 30.0. The van der Waals surface area contributed by atoms with Crippen molar-refractivity contribution in [2.45, 2.75) is 71.4 Å². The lowest BCUT2D eigenvalue weighted by atomic mass is 9.81. The zero-order valence-electron chi connectivity index (χ0n) is 25.1. The van der Waals surface area contributed by atoms with Crippen molar-refractivity contribution in [1.82, 2.24) is 0 Å². The molecule has 2 unspecified atom stereocenters. The van der Waals surface area contributed by atoms with Gasteiger partial charge in [0.2, 0.25) is 0 Å². The number of hydrogen-bond acceptors (Lipinski definition) is 8. The fraction of sp³-hybridized carbons (Fsp3) is 0.471. The van der Waals surface area contributed by atoms with E-state index in [1.807, 2.05) is 30.3 Å². The molecule has 226 valence electrons. The molecule has 2 aliphatic heterocycles. The third kappa shape index (κ3) is 8.46. The Labute approximate surface area is 248 Å². The number of allylic oxidation sites excluding steroid dienone is 2. The van der Waals surface area contributed by atoms with Crippen molar-refractivity contribution >= 4 is 23.7 Å². The summed E-state index contributed by atoms with van der Waals surface area (Å²) >= 11 is 0. The maximum Gasteiger partial charge on any atom is 0.200 e. The molecule has 0 aliphatic carbocycles. The first-order valence-electron chi connectivity index (χ1n) is 14.6. The summed E-state index contributed by atoms with van der Waals surface area (Å²) in [7, 11) is 3.16. The van der Waals surface area contributed by atoms with E-state index in [1.165, 1.54) is 6.08 Å². The van der Waals surface area contributed by atoms with Crippen molar-refractivity contribution in [3.05, 3.63) is 59.7 Å². The van der Waals surface area contributed by atoms with Gasteiger partial charge in [-0.05, 0) is 81.0 Å². The molecule has 8 nitrogen and oxygen atoms in total. The van der Waals surface area contributed by atoms with Crippen LogP contribution in [-0.2, 0) is 19.1 Å². The van der Waals surface area contributed by atoms with Crippen molar-refractivity contribution in [2.24, 2.45) is 5.41 Å². The molecular weight excluding hydrogens is 536 g/mol. The second-order valence-electron chi connectivity index (χ2n) is 11.0. The van der Waals surface area contributed by atoms with Gasteiger partial charge in [-0.3, -0.25) is 9.59 Å². The van der Waals surface area contributed by atoms with Crippen LogP contribution < -0.4 is 18.9 Å². The second kappa shape index (κ2) is 15.0.